The van der Waals surface area contributed by atoms with E-state index < -0.39 is 0 Å². The van der Waals surface area contributed by atoms with Crippen molar-refractivity contribution < 1.29 is 10.0 Å². The number of amides is 1. The number of amidine groups is 1. The summed E-state index contributed by atoms with van der Waals surface area (Å²) in [7, 11) is 0. The SMILES string of the molecule is CCNC(=O)CCNCc1ccc(/C(N)=N/O)cc1C. The Labute approximate surface area is 119 Å². The highest BCUT2D eigenvalue weighted by Gasteiger charge is 2.04. The molecule has 0 fully saturated rings. The van der Waals surface area contributed by atoms with E-state index in [0.717, 1.165) is 11.1 Å². The van der Waals surface area contributed by atoms with Gasteiger partial charge in [0.25, 0.3) is 0 Å². The van der Waals surface area contributed by atoms with E-state index in [0.29, 0.717) is 31.6 Å². The molecule has 1 aromatic carbocycles. The van der Waals surface area contributed by atoms with Crippen LogP contribution >= 0.6 is 0 Å². The number of nitrogens with zero attached hydrogens (tertiary/aromatic N) is 1. The van der Waals surface area contributed by atoms with Crippen molar-refractivity contribution in [3.8, 4) is 0 Å². The Morgan fingerprint density at radius 1 is 1.45 bits per heavy atom. The number of benzene rings is 1. The van der Waals surface area contributed by atoms with E-state index in [1.165, 1.54) is 0 Å². The molecule has 0 unspecified atom stereocenters. The third-order valence-electron chi connectivity index (χ3n) is 2.96. The van der Waals surface area contributed by atoms with Gasteiger partial charge < -0.3 is 21.6 Å². The van der Waals surface area contributed by atoms with E-state index in [1.807, 2.05) is 32.0 Å². The van der Waals surface area contributed by atoms with Gasteiger partial charge in [-0.15, -0.1) is 0 Å². The fourth-order valence-corrected chi connectivity index (χ4v) is 1.82. The molecule has 0 aliphatic carbocycles. The van der Waals surface area contributed by atoms with Crippen LogP contribution in [0, 0.1) is 6.92 Å². The van der Waals surface area contributed by atoms with Crippen LogP contribution in [0.4, 0.5) is 0 Å². The predicted octanol–water partition coefficient (Wildman–Crippen LogP) is 0.705. The van der Waals surface area contributed by atoms with E-state index >= 15 is 0 Å². The Kier molecular flexibility index (Phi) is 6.52. The molecule has 1 rings (SSSR count). The van der Waals surface area contributed by atoms with Crippen LogP contribution < -0.4 is 16.4 Å². The second-order valence-corrected chi connectivity index (χ2v) is 4.51. The van der Waals surface area contributed by atoms with Crippen LogP contribution in [-0.4, -0.2) is 30.0 Å². The summed E-state index contributed by atoms with van der Waals surface area (Å²) in [5.74, 6) is 0.155. The van der Waals surface area contributed by atoms with E-state index in [2.05, 4.69) is 15.8 Å². The predicted molar refractivity (Wildman–Crippen MR) is 78.7 cm³/mol. The van der Waals surface area contributed by atoms with Crippen LogP contribution in [0.1, 0.15) is 30.0 Å². The summed E-state index contributed by atoms with van der Waals surface area (Å²) >= 11 is 0. The van der Waals surface area contributed by atoms with E-state index in [1.54, 1.807) is 0 Å². The first-order chi connectivity index (χ1) is 9.58. The van der Waals surface area contributed by atoms with Crippen LogP contribution in [0.5, 0.6) is 0 Å². The molecule has 1 aromatic rings. The third-order valence-corrected chi connectivity index (χ3v) is 2.96. The summed E-state index contributed by atoms with van der Waals surface area (Å²) in [5.41, 5.74) is 8.40. The molecule has 0 saturated carbocycles. The number of hydrogen-bond acceptors (Lipinski definition) is 4. The van der Waals surface area contributed by atoms with Gasteiger partial charge in [-0.05, 0) is 31.0 Å². The second kappa shape index (κ2) is 8.16. The summed E-state index contributed by atoms with van der Waals surface area (Å²) in [5, 5.41) is 17.6. The molecule has 110 valence electrons. The van der Waals surface area contributed by atoms with E-state index in [-0.39, 0.29) is 11.7 Å². The zero-order valence-corrected chi connectivity index (χ0v) is 11.9. The van der Waals surface area contributed by atoms with Crippen molar-refractivity contribution in [2.45, 2.75) is 26.8 Å². The molecule has 1 amide bonds. The normalized spacial score (nSPS) is 11.4. The van der Waals surface area contributed by atoms with Gasteiger partial charge in [-0.1, -0.05) is 17.3 Å². The second-order valence-electron chi connectivity index (χ2n) is 4.51. The molecule has 0 saturated heterocycles. The summed E-state index contributed by atoms with van der Waals surface area (Å²) in [6.45, 7) is 5.84. The van der Waals surface area contributed by atoms with Gasteiger partial charge in [0.05, 0.1) is 0 Å². The maximum atomic E-state index is 11.3. The molecule has 0 spiro atoms. The molecule has 6 heteroatoms. The fraction of sp³-hybridized carbons (Fsp3) is 0.429. The van der Waals surface area contributed by atoms with Crippen LogP contribution in [0.3, 0.4) is 0 Å². The van der Waals surface area contributed by atoms with E-state index in [4.69, 9.17) is 10.9 Å². The van der Waals surface area contributed by atoms with Crippen molar-refractivity contribution in [2.24, 2.45) is 10.9 Å². The van der Waals surface area contributed by atoms with Crippen LogP contribution in [-0.2, 0) is 11.3 Å². The standard InChI is InChI=1S/C14H22N4O2/c1-3-17-13(19)6-7-16-9-12-5-4-11(8-10(12)2)14(15)18-20/h4-5,8,16,20H,3,6-7,9H2,1-2H3,(H2,15,18)(H,17,19). The van der Waals surface area contributed by atoms with Crippen molar-refractivity contribution in [3.63, 3.8) is 0 Å². The van der Waals surface area contributed by atoms with Crippen LogP contribution in [0.2, 0.25) is 0 Å². The van der Waals surface area contributed by atoms with Crippen molar-refractivity contribution in [3.05, 3.63) is 34.9 Å². The number of aryl methyl sites for hydroxylation is 1. The van der Waals surface area contributed by atoms with Gasteiger partial charge in [-0.25, -0.2) is 0 Å². The minimum Gasteiger partial charge on any atom is -0.409 e. The highest BCUT2D eigenvalue weighted by Crippen LogP contribution is 2.11. The molecule has 0 heterocycles. The zero-order valence-electron chi connectivity index (χ0n) is 11.9. The Balaban J connectivity index is 2.47. The maximum Gasteiger partial charge on any atom is 0.221 e. The van der Waals surface area contributed by atoms with Crippen LogP contribution in [0.15, 0.2) is 23.4 Å². The number of rotatable bonds is 7. The number of carbonyl (C=O) groups is 1. The number of hydrogen-bond donors (Lipinski definition) is 4. The van der Waals surface area contributed by atoms with Crippen molar-refractivity contribution in [1.29, 1.82) is 0 Å². The molecule has 0 bridgehead atoms. The Morgan fingerprint density at radius 3 is 2.80 bits per heavy atom. The van der Waals surface area contributed by atoms with Crippen molar-refractivity contribution in [2.75, 3.05) is 13.1 Å². The lowest BCUT2D eigenvalue weighted by molar-refractivity contribution is -0.120. The summed E-state index contributed by atoms with van der Waals surface area (Å²) in [6.07, 6.45) is 0.467. The average molecular weight is 278 g/mol. The fourth-order valence-electron chi connectivity index (χ4n) is 1.82. The molecule has 0 aromatic heterocycles. The lowest BCUT2D eigenvalue weighted by Crippen LogP contribution is -2.27. The lowest BCUT2D eigenvalue weighted by atomic mass is 10.0. The lowest BCUT2D eigenvalue weighted by Gasteiger charge is -2.09. The first kappa shape index (κ1) is 16.0. The highest BCUT2D eigenvalue weighted by molar-refractivity contribution is 5.97. The van der Waals surface area contributed by atoms with Crippen LogP contribution in [0.25, 0.3) is 0 Å². The minimum absolute atomic E-state index is 0.0546. The Morgan fingerprint density at radius 2 is 2.20 bits per heavy atom. The quantitative estimate of drug-likeness (QED) is 0.194. The third kappa shape index (κ3) is 4.89. The maximum absolute atomic E-state index is 11.3. The number of carbonyl (C=O) groups excluding carboxylic acids is 1. The van der Waals surface area contributed by atoms with Crippen molar-refractivity contribution in [1.82, 2.24) is 10.6 Å². The largest absolute Gasteiger partial charge is 0.409 e. The molecule has 5 N–H and O–H groups in total. The van der Waals surface area contributed by atoms with Gasteiger partial charge in [-0.3, -0.25) is 4.79 Å². The topological polar surface area (TPSA) is 99.7 Å². The first-order valence-corrected chi connectivity index (χ1v) is 6.63. The molecule has 0 aliphatic heterocycles. The number of oxime groups is 1. The smallest absolute Gasteiger partial charge is 0.221 e. The molecule has 0 atom stereocenters. The van der Waals surface area contributed by atoms with Gasteiger partial charge in [0.15, 0.2) is 5.84 Å². The van der Waals surface area contributed by atoms with Gasteiger partial charge in [0.1, 0.15) is 0 Å². The molecule has 20 heavy (non-hydrogen) atoms. The number of nitrogens with one attached hydrogen (secondary N) is 2. The van der Waals surface area contributed by atoms with Gasteiger partial charge in [0, 0.05) is 31.6 Å². The Hall–Kier alpha value is -2.08. The number of nitrogens with two attached hydrogens (primary N) is 1. The monoisotopic (exact) mass is 278 g/mol. The van der Waals surface area contributed by atoms with Gasteiger partial charge in [0.2, 0.25) is 5.91 Å². The van der Waals surface area contributed by atoms with Gasteiger partial charge >= 0.3 is 0 Å². The zero-order chi connectivity index (χ0) is 15.0. The van der Waals surface area contributed by atoms with Gasteiger partial charge in [-0.2, -0.15) is 0 Å². The Bertz CT molecular complexity index is 486. The average Bonchev–Trinajstić information content (AvgIpc) is 2.44. The van der Waals surface area contributed by atoms with E-state index in [9.17, 15) is 4.79 Å². The minimum atomic E-state index is 0.0546. The molecule has 0 aliphatic rings. The summed E-state index contributed by atoms with van der Waals surface area (Å²) in [6, 6.07) is 5.61. The summed E-state index contributed by atoms with van der Waals surface area (Å²) < 4.78 is 0. The first-order valence-electron chi connectivity index (χ1n) is 6.63. The molecule has 0 radical (unpaired) electrons. The highest BCUT2D eigenvalue weighted by atomic mass is 16.4. The van der Waals surface area contributed by atoms with Crippen molar-refractivity contribution >= 4 is 11.7 Å². The summed E-state index contributed by atoms with van der Waals surface area (Å²) in [4.78, 5) is 11.3. The molecular weight excluding hydrogens is 256 g/mol. The molecule has 6 nitrogen and oxygen atoms in total. The molecular formula is C14H22N4O2.